The standard InChI is InChI=1S/C32H31NO5/c1-4-36-27-19-17-26(18-20-27)33-29(23-13-9-7-10-14-23)22-25(30(33)24-15-11-8-12-16-24)21-28(31(34)37-5-2)32(35)38-6-3/h7-22H,4-6H2,1-3H3. The Labute approximate surface area is 223 Å². The number of hydrogen-bond donors (Lipinski definition) is 0. The van der Waals surface area contributed by atoms with Crippen LogP contribution in [0.15, 0.2) is 96.6 Å². The maximum absolute atomic E-state index is 12.8. The molecular weight excluding hydrogens is 478 g/mol. The summed E-state index contributed by atoms with van der Waals surface area (Å²) in [6.45, 7) is 6.21. The summed E-state index contributed by atoms with van der Waals surface area (Å²) < 4.78 is 18.2. The van der Waals surface area contributed by atoms with Crippen LogP contribution in [-0.4, -0.2) is 36.3 Å². The van der Waals surface area contributed by atoms with Crippen molar-refractivity contribution >= 4 is 18.0 Å². The third kappa shape index (κ3) is 5.86. The lowest BCUT2D eigenvalue weighted by molar-refractivity contribution is -0.146. The third-order valence-electron chi connectivity index (χ3n) is 5.84. The minimum absolute atomic E-state index is 0.142. The highest BCUT2D eigenvalue weighted by molar-refractivity contribution is 6.18. The molecule has 38 heavy (non-hydrogen) atoms. The maximum Gasteiger partial charge on any atom is 0.345 e. The summed E-state index contributed by atoms with van der Waals surface area (Å²) in [5.74, 6) is -0.668. The Balaban J connectivity index is 2.03. The summed E-state index contributed by atoms with van der Waals surface area (Å²) in [6.07, 6.45) is 1.57. The second kappa shape index (κ2) is 12.6. The third-order valence-corrected chi connectivity index (χ3v) is 5.84. The van der Waals surface area contributed by atoms with Crippen molar-refractivity contribution in [1.29, 1.82) is 0 Å². The minimum Gasteiger partial charge on any atom is -0.494 e. The van der Waals surface area contributed by atoms with Crippen molar-refractivity contribution in [2.24, 2.45) is 0 Å². The monoisotopic (exact) mass is 509 g/mol. The Bertz CT molecular complexity index is 1380. The molecule has 4 aromatic rings. The van der Waals surface area contributed by atoms with Crippen LogP contribution in [0.5, 0.6) is 5.75 Å². The van der Waals surface area contributed by atoms with Crippen molar-refractivity contribution in [1.82, 2.24) is 4.57 Å². The summed E-state index contributed by atoms with van der Waals surface area (Å²) in [4.78, 5) is 25.7. The molecule has 194 valence electrons. The predicted octanol–water partition coefficient (Wildman–Crippen LogP) is 6.72. The highest BCUT2D eigenvalue weighted by atomic mass is 16.6. The van der Waals surface area contributed by atoms with E-state index in [0.717, 1.165) is 34.0 Å². The number of ether oxygens (including phenoxy) is 3. The van der Waals surface area contributed by atoms with Crippen LogP contribution in [0.2, 0.25) is 0 Å². The zero-order chi connectivity index (χ0) is 26.9. The molecule has 0 fully saturated rings. The Kier molecular flexibility index (Phi) is 8.77. The molecule has 4 rings (SSSR count). The van der Waals surface area contributed by atoms with E-state index in [1.165, 1.54) is 0 Å². The Hall–Kier alpha value is -4.58. The van der Waals surface area contributed by atoms with Crippen LogP contribution < -0.4 is 4.74 Å². The van der Waals surface area contributed by atoms with Gasteiger partial charge >= 0.3 is 11.9 Å². The van der Waals surface area contributed by atoms with Gasteiger partial charge in [-0.15, -0.1) is 0 Å². The van der Waals surface area contributed by atoms with Crippen LogP contribution in [0.1, 0.15) is 26.3 Å². The van der Waals surface area contributed by atoms with E-state index in [4.69, 9.17) is 14.2 Å². The van der Waals surface area contributed by atoms with Gasteiger partial charge in [-0.3, -0.25) is 0 Å². The summed E-state index contributed by atoms with van der Waals surface area (Å²) in [5, 5.41) is 0. The first kappa shape index (κ1) is 26.5. The van der Waals surface area contributed by atoms with Crippen molar-refractivity contribution in [3.05, 3.63) is 102 Å². The quantitative estimate of drug-likeness (QED) is 0.103. The number of rotatable bonds is 10. The average Bonchev–Trinajstić information content (AvgIpc) is 3.32. The lowest BCUT2D eigenvalue weighted by Gasteiger charge is -2.16. The van der Waals surface area contributed by atoms with Gasteiger partial charge in [0.2, 0.25) is 0 Å². The normalized spacial score (nSPS) is 10.5. The van der Waals surface area contributed by atoms with Crippen LogP contribution in [0.25, 0.3) is 34.3 Å². The van der Waals surface area contributed by atoms with E-state index in [9.17, 15) is 9.59 Å². The fourth-order valence-electron chi connectivity index (χ4n) is 4.25. The van der Waals surface area contributed by atoms with Gasteiger partial charge in [-0.1, -0.05) is 60.7 Å². The van der Waals surface area contributed by atoms with Crippen molar-refractivity contribution in [2.75, 3.05) is 19.8 Å². The lowest BCUT2D eigenvalue weighted by Crippen LogP contribution is -2.18. The zero-order valence-corrected chi connectivity index (χ0v) is 21.8. The summed E-state index contributed by atoms with van der Waals surface area (Å²) in [5.41, 5.74) is 5.04. The van der Waals surface area contributed by atoms with Crippen LogP contribution in [-0.2, 0) is 19.1 Å². The van der Waals surface area contributed by atoms with E-state index in [0.29, 0.717) is 12.2 Å². The molecule has 1 heterocycles. The molecule has 0 spiro atoms. The average molecular weight is 510 g/mol. The van der Waals surface area contributed by atoms with Gasteiger partial charge in [0, 0.05) is 11.3 Å². The second-order valence-electron chi connectivity index (χ2n) is 8.33. The van der Waals surface area contributed by atoms with E-state index in [-0.39, 0.29) is 18.8 Å². The van der Waals surface area contributed by atoms with E-state index < -0.39 is 11.9 Å². The SMILES string of the molecule is CCOC(=O)C(=Cc1cc(-c2ccccc2)n(-c2ccc(OCC)cc2)c1-c1ccccc1)C(=O)OCC. The van der Waals surface area contributed by atoms with Gasteiger partial charge in [0.1, 0.15) is 11.3 Å². The predicted molar refractivity (Wildman–Crippen MR) is 149 cm³/mol. The van der Waals surface area contributed by atoms with Gasteiger partial charge in [0.25, 0.3) is 0 Å². The molecule has 0 saturated carbocycles. The topological polar surface area (TPSA) is 66.8 Å². The summed E-state index contributed by atoms with van der Waals surface area (Å²) in [6, 6.07) is 29.7. The highest BCUT2D eigenvalue weighted by Crippen LogP contribution is 2.37. The number of carbonyl (C=O) groups is 2. The van der Waals surface area contributed by atoms with E-state index >= 15 is 0 Å². The van der Waals surface area contributed by atoms with Crippen molar-refractivity contribution in [3.63, 3.8) is 0 Å². The van der Waals surface area contributed by atoms with Gasteiger partial charge in [0.05, 0.1) is 31.2 Å². The molecular formula is C32H31NO5. The van der Waals surface area contributed by atoms with Crippen LogP contribution in [0.4, 0.5) is 0 Å². The van der Waals surface area contributed by atoms with Gasteiger partial charge in [-0.2, -0.15) is 0 Å². The molecule has 0 bridgehead atoms. The fraction of sp³-hybridized carbons (Fsp3) is 0.188. The Morgan fingerprint density at radius 1 is 0.711 bits per heavy atom. The molecule has 0 saturated heterocycles. The number of aromatic nitrogens is 1. The van der Waals surface area contributed by atoms with Crippen molar-refractivity contribution in [2.45, 2.75) is 20.8 Å². The molecule has 0 unspecified atom stereocenters. The first-order chi connectivity index (χ1) is 18.6. The minimum atomic E-state index is -0.722. The number of nitrogens with zero attached hydrogens (tertiary/aromatic N) is 1. The molecule has 0 radical (unpaired) electrons. The molecule has 3 aromatic carbocycles. The van der Waals surface area contributed by atoms with Gasteiger partial charge in [-0.05, 0) is 68.3 Å². The first-order valence-electron chi connectivity index (χ1n) is 12.7. The molecule has 0 aliphatic carbocycles. The second-order valence-corrected chi connectivity index (χ2v) is 8.33. The summed E-state index contributed by atoms with van der Waals surface area (Å²) >= 11 is 0. The number of carbonyl (C=O) groups excluding carboxylic acids is 2. The molecule has 1 aromatic heterocycles. The first-order valence-corrected chi connectivity index (χ1v) is 12.7. The van der Waals surface area contributed by atoms with Crippen molar-refractivity contribution in [3.8, 4) is 34.0 Å². The zero-order valence-electron chi connectivity index (χ0n) is 21.8. The van der Waals surface area contributed by atoms with Gasteiger partial charge in [0.15, 0.2) is 0 Å². The number of esters is 2. The Morgan fingerprint density at radius 2 is 1.26 bits per heavy atom. The van der Waals surface area contributed by atoms with Crippen LogP contribution in [0, 0.1) is 0 Å². The molecule has 6 nitrogen and oxygen atoms in total. The van der Waals surface area contributed by atoms with Crippen molar-refractivity contribution < 1.29 is 23.8 Å². The smallest absolute Gasteiger partial charge is 0.345 e. The maximum atomic E-state index is 12.8. The van der Waals surface area contributed by atoms with Crippen LogP contribution in [0.3, 0.4) is 0 Å². The highest BCUT2D eigenvalue weighted by Gasteiger charge is 2.25. The lowest BCUT2D eigenvalue weighted by atomic mass is 10.0. The molecule has 0 N–H and O–H groups in total. The summed E-state index contributed by atoms with van der Waals surface area (Å²) in [7, 11) is 0. The number of benzene rings is 3. The molecule has 0 amide bonds. The van der Waals surface area contributed by atoms with E-state index in [2.05, 4.69) is 4.57 Å². The van der Waals surface area contributed by atoms with Gasteiger partial charge in [-0.25, -0.2) is 9.59 Å². The molecule has 0 atom stereocenters. The molecule has 0 aliphatic heterocycles. The number of hydrogen-bond acceptors (Lipinski definition) is 5. The van der Waals surface area contributed by atoms with Gasteiger partial charge < -0.3 is 18.8 Å². The van der Waals surface area contributed by atoms with E-state index in [1.807, 2.05) is 97.9 Å². The van der Waals surface area contributed by atoms with E-state index in [1.54, 1.807) is 19.9 Å². The Morgan fingerprint density at radius 3 is 1.79 bits per heavy atom. The molecule has 6 heteroatoms. The molecule has 0 aliphatic rings. The largest absolute Gasteiger partial charge is 0.494 e. The van der Waals surface area contributed by atoms with Crippen LogP contribution >= 0.6 is 0 Å². The fourth-order valence-corrected chi connectivity index (χ4v) is 4.25.